The summed E-state index contributed by atoms with van der Waals surface area (Å²) < 4.78 is 0. The summed E-state index contributed by atoms with van der Waals surface area (Å²) in [5.74, 6) is -0.177. The van der Waals surface area contributed by atoms with Crippen LogP contribution in [0.3, 0.4) is 0 Å². The highest BCUT2D eigenvalue weighted by Gasteiger charge is 2.05. The van der Waals surface area contributed by atoms with Gasteiger partial charge in [-0.25, -0.2) is 0 Å². The summed E-state index contributed by atoms with van der Waals surface area (Å²) in [7, 11) is 0. The van der Waals surface area contributed by atoms with Crippen molar-refractivity contribution in [1.82, 2.24) is 5.32 Å². The fourth-order valence-corrected chi connectivity index (χ4v) is 1.51. The van der Waals surface area contributed by atoms with Crippen LogP contribution in [0, 0.1) is 0 Å². The molecular weight excluding hydrogens is 242 g/mol. The lowest BCUT2D eigenvalue weighted by Crippen LogP contribution is -2.29. The quantitative estimate of drug-likeness (QED) is 0.692. The van der Waals surface area contributed by atoms with E-state index in [0.29, 0.717) is 19.4 Å². The van der Waals surface area contributed by atoms with Crippen LogP contribution in [0.2, 0.25) is 0 Å². The zero-order valence-corrected chi connectivity index (χ0v) is 11.2. The fraction of sp³-hybridized carbons (Fsp3) is 0.429. The van der Waals surface area contributed by atoms with Crippen molar-refractivity contribution >= 4 is 17.5 Å². The van der Waals surface area contributed by atoms with Gasteiger partial charge in [0.05, 0.1) is 0 Å². The molecule has 104 valence electrons. The molecule has 0 spiro atoms. The lowest BCUT2D eigenvalue weighted by atomic mass is 10.2. The maximum absolute atomic E-state index is 11.6. The summed E-state index contributed by atoms with van der Waals surface area (Å²) in [5.41, 5.74) is 6.32. The number of nitrogens with one attached hydrogen (secondary N) is 2. The molecule has 1 unspecified atom stereocenters. The Bertz CT molecular complexity index is 404. The van der Waals surface area contributed by atoms with Gasteiger partial charge in [-0.15, -0.1) is 0 Å². The Morgan fingerprint density at radius 1 is 1.16 bits per heavy atom. The van der Waals surface area contributed by atoms with E-state index in [0.717, 1.165) is 5.69 Å². The average Bonchev–Trinajstić information content (AvgIpc) is 2.37. The Labute approximate surface area is 113 Å². The van der Waals surface area contributed by atoms with Crippen molar-refractivity contribution in [3.63, 3.8) is 0 Å². The Kier molecular flexibility index (Phi) is 6.60. The van der Waals surface area contributed by atoms with Gasteiger partial charge in [-0.1, -0.05) is 18.2 Å². The molecule has 1 atom stereocenters. The van der Waals surface area contributed by atoms with E-state index < -0.39 is 0 Å². The van der Waals surface area contributed by atoms with Crippen molar-refractivity contribution in [2.45, 2.75) is 32.2 Å². The SMILES string of the molecule is CC(N)CCC(=O)NCCC(=O)Nc1ccccc1. The van der Waals surface area contributed by atoms with E-state index in [1.807, 2.05) is 37.3 Å². The number of para-hydroxylation sites is 1. The number of carbonyl (C=O) groups is 2. The highest BCUT2D eigenvalue weighted by atomic mass is 16.2. The molecule has 5 heteroatoms. The van der Waals surface area contributed by atoms with Crippen LogP contribution in [0.15, 0.2) is 30.3 Å². The molecule has 1 aromatic carbocycles. The van der Waals surface area contributed by atoms with Crippen molar-refractivity contribution in [3.8, 4) is 0 Å². The largest absolute Gasteiger partial charge is 0.356 e. The average molecular weight is 263 g/mol. The minimum absolute atomic E-state index is 0.0205. The van der Waals surface area contributed by atoms with Crippen LogP contribution in [0.1, 0.15) is 26.2 Å². The van der Waals surface area contributed by atoms with E-state index >= 15 is 0 Å². The van der Waals surface area contributed by atoms with Crippen molar-refractivity contribution in [2.75, 3.05) is 11.9 Å². The van der Waals surface area contributed by atoms with Crippen molar-refractivity contribution in [3.05, 3.63) is 30.3 Å². The Balaban J connectivity index is 2.15. The van der Waals surface area contributed by atoms with Crippen LogP contribution in [-0.4, -0.2) is 24.4 Å². The Hall–Kier alpha value is -1.88. The molecule has 0 aliphatic heterocycles. The third-order valence-corrected chi connectivity index (χ3v) is 2.56. The molecule has 0 aromatic heterocycles. The monoisotopic (exact) mass is 263 g/mol. The molecule has 0 saturated carbocycles. The molecule has 0 bridgehead atoms. The molecular formula is C14H21N3O2. The topological polar surface area (TPSA) is 84.2 Å². The van der Waals surface area contributed by atoms with Crippen molar-refractivity contribution in [1.29, 1.82) is 0 Å². The fourth-order valence-electron chi connectivity index (χ4n) is 1.51. The van der Waals surface area contributed by atoms with Crippen LogP contribution in [0.25, 0.3) is 0 Å². The molecule has 4 N–H and O–H groups in total. The first-order valence-electron chi connectivity index (χ1n) is 6.45. The molecule has 0 aliphatic carbocycles. The van der Waals surface area contributed by atoms with E-state index in [2.05, 4.69) is 10.6 Å². The highest BCUT2D eigenvalue weighted by molar-refractivity contribution is 5.91. The Morgan fingerprint density at radius 3 is 2.47 bits per heavy atom. The maximum atomic E-state index is 11.6. The zero-order valence-electron chi connectivity index (χ0n) is 11.2. The van der Waals surface area contributed by atoms with Gasteiger partial charge in [0.15, 0.2) is 0 Å². The molecule has 2 amide bonds. The first-order valence-corrected chi connectivity index (χ1v) is 6.45. The maximum Gasteiger partial charge on any atom is 0.226 e. The third kappa shape index (κ3) is 7.21. The lowest BCUT2D eigenvalue weighted by Gasteiger charge is -2.07. The van der Waals surface area contributed by atoms with Crippen LogP contribution in [0.4, 0.5) is 5.69 Å². The highest BCUT2D eigenvalue weighted by Crippen LogP contribution is 2.04. The molecule has 0 saturated heterocycles. The second-order valence-corrected chi connectivity index (χ2v) is 4.53. The van der Waals surface area contributed by atoms with Crippen molar-refractivity contribution < 1.29 is 9.59 Å². The summed E-state index contributed by atoms with van der Waals surface area (Å²) in [5, 5.41) is 5.46. The predicted octanol–water partition coefficient (Wildman–Crippen LogP) is 1.26. The molecule has 0 radical (unpaired) electrons. The molecule has 19 heavy (non-hydrogen) atoms. The second-order valence-electron chi connectivity index (χ2n) is 4.53. The van der Waals surface area contributed by atoms with E-state index in [9.17, 15) is 9.59 Å². The minimum atomic E-state index is -0.112. The van der Waals surface area contributed by atoms with Gasteiger partial charge in [0.25, 0.3) is 0 Å². The van der Waals surface area contributed by atoms with Gasteiger partial charge in [-0.05, 0) is 25.5 Å². The number of hydrogen-bond acceptors (Lipinski definition) is 3. The van der Waals surface area contributed by atoms with E-state index in [1.54, 1.807) is 0 Å². The number of benzene rings is 1. The lowest BCUT2D eigenvalue weighted by molar-refractivity contribution is -0.121. The summed E-state index contributed by atoms with van der Waals surface area (Å²) >= 11 is 0. The van der Waals surface area contributed by atoms with Gasteiger partial charge in [-0.2, -0.15) is 0 Å². The first kappa shape index (κ1) is 15.2. The smallest absolute Gasteiger partial charge is 0.226 e. The number of carbonyl (C=O) groups excluding carboxylic acids is 2. The third-order valence-electron chi connectivity index (χ3n) is 2.56. The number of anilines is 1. The predicted molar refractivity (Wildman–Crippen MR) is 75.6 cm³/mol. The normalized spacial score (nSPS) is 11.7. The van der Waals surface area contributed by atoms with Gasteiger partial charge >= 0.3 is 0 Å². The Morgan fingerprint density at radius 2 is 1.84 bits per heavy atom. The molecule has 1 aromatic rings. The van der Waals surface area contributed by atoms with Crippen molar-refractivity contribution in [2.24, 2.45) is 5.73 Å². The second kappa shape index (κ2) is 8.26. The number of nitrogens with two attached hydrogens (primary N) is 1. The zero-order chi connectivity index (χ0) is 14.1. The first-order chi connectivity index (χ1) is 9.08. The number of rotatable bonds is 7. The summed E-state index contributed by atoms with van der Waals surface area (Å²) in [4.78, 5) is 23.0. The van der Waals surface area contributed by atoms with Gasteiger partial charge in [-0.3, -0.25) is 9.59 Å². The van der Waals surface area contributed by atoms with Gasteiger partial charge < -0.3 is 16.4 Å². The summed E-state index contributed by atoms with van der Waals surface area (Å²) in [6.45, 7) is 2.21. The standard InChI is InChI=1S/C14H21N3O2/c1-11(15)7-8-13(18)16-10-9-14(19)17-12-5-3-2-4-6-12/h2-6,11H,7-10,15H2,1H3,(H,16,18)(H,17,19). The van der Waals surface area contributed by atoms with Crippen LogP contribution < -0.4 is 16.4 Å². The summed E-state index contributed by atoms with van der Waals surface area (Å²) in [6.07, 6.45) is 1.32. The molecule has 0 aliphatic rings. The number of hydrogen-bond donors (Lipinski definition) is 3. The summed E-state index contributed by atoms with van der Waals surface area (Å²) in [6, 6.07) is 9.25. The number of amides is 2. The van der Waals surface area contributed by atoms with Gasteiger partial charge in [0.1, 0.15) is 0 Å². The van der Waals surface area contributed by atoms with Gasteiger partial charge in [0.2, 0.25) is 11.8 Å². The molecule has 5 nitrogen and oxygen atoms in total. The van der Waals surface area contributed by atoms with E-state index in [-0.39, 0.29) is 24.3 Å². The molecule has 0 heterocycles. The minimum Gasteiger partial charge on any atom is -0.356 e. The van der Waals surface area contributed by atoms with Crippen LogP contribution in [0.5, 0.6) is 0 Å². The van der Waals surface area contributed by atoms with E-state index in [1.165, 1.54) is 0 Å². The molecule has 1 rings (SSSR count). The molecule has 0 fully saturated rings. The van der Waals surface area contributed by atoms with E-state index in [4.69, 9.17) is 5.73 Å². The van der Waals surface area contributed by atoms with Gasteiger partial charge in [0, 0.05) is 31.1 Å². The van der Waals surface area contributed by atoms with Crippen LogP contribution >= 0.6 is 0 Å². The van der Waals surface area contributed by atoms with Crippen LogP contribution in [-0.2, 0) is 9.59 Å².